The molecule has 0 aliphatic rings. The van der Waals surface area contributed by atoms with E-state index in [4.69, 9.17) is 5.73 Å². The summed E-state index contributed by atoms with van der Waals surface area (Å²) in [5.74, 6) is -9.99. The van der Waals surface area contributed by atoms with Crippen LogP contribution in [0.5, 0.6) is 0 Å². The first kappa shape index (κ1) is 15.4. The second kappa shape index (κ2) is 5.80. The summed E-state index contributed by atoms with van der Waals surface area (Å²) >= 11 is 0. The van der Waals surface area contributed by atoms with Gasteiger partial charge in [-0.05, 0) is 18.9 Å². The van der Waals surface area contributed by atoms with Gasteiger partial charge in [0.2, 0.25) is 5.82 Å². The molecule has 1 atom stereocenters. The quantitative estimate of drug-likeness (QED) is 0.536. The third-order valence-corrected chi connectivity index (χ3v) is 3.08. The van der Waals surface area contributed by atoms with Crippen molar-refractivity contribution in [1.29, 1.82) is 0 Å². The molecule has 2 N–H and O–H groups in total. The minimum atomic E-state index is -2.19. The van der Waals surface area contributed by atoms with Crippen molar-refractivity contribution in [2.75, 3.05) is 0 Å². The Morgan fingerprint density at radius 1 is 1.05 bits per heavy atom. The summed E-state index contributed by atoms with van der Waals surface area (Å²) in [7, 11) is 0. The maximum absolute atomic E-state index is 13.6. The molecular formula is C13H12F5N3. The standard InChI is InChI=1S/C13H12F5N3/c1-2-21-5-6(4-20-21)3-7(19)8-9(14)11(16)13(18)12(17)10(8)15/h4-5,7H,2-3,19H2,1H3. The zero-order valence-corrected chi connectivity index (χ0v) is 11.0. The van der Waals surface area contributed by atoms with E-state index in [2.05, 4.69) is 5.10 Å². The molecule has 1 unspecified atom stereocenters. The van der Waals surface area contributed by atoms with Gasteiger partial charge in [0.1, 0.15) is 0 Å². The van der Waals surface area contributed by atoms with E-state index < -0.39 is 40.7 Å². The van der Waals surface area contributed by atoms with Crippen molar-refractivity contribution >= 4 is 0 Å². The van der Waals surface area contributed by atoms with Crippen LogP contribution in [0.15, 0.2) is 12.4 Å². The number of nitrogens with zero attached hydrogens (tertiary/aromatic N) is 2. The Morgan fingerprint density at radius 3 is 2.05 bits per heavy atom. The lowest BCUT2D eigenvalue weighted by molar-refractivity contribution is 0.363. The lowest BCUT2D eigenvalue weighted by atomic mass is 9.99. The van der Waals surface area contributed by atoms with Gasteiger partial charge in [0.15, 0.2) is 23.3 Å². The molecule has 3 nitrogen and oxygen atoms in total. The molecule has 0 saturated heterocycles. The van der Waals surface area contributed by atoms with Crippen molar-refractivity contribution in [2.45, 2.75) is 25.9 Å². The van der Waals surface area contributed by atoms with Gasteiger partial charge in [0.25, 0.3) is 0 Å². The van der Waals surface area contributed by atoms with Crippen LogP contribution in [0.25, 0.3) is 0 Å². The normalized spacial score (nSPS) is 12.7. The molecule has 0 saturated carbocycles. The molecule has 0 amide bonds. The second-order valence-corrected chi connectivity index (χ2v) is 4.50. The van der Waals surface area contributed by atoms with Crippen molar-refractivity contribution < 1.29 is 22.0 Å². The van der Waals surface area contributed by atoms with E-state index in [-0.39, 0.29) is 6.42 Å². The van der Waals surface area contributed by atoms with Gasteiger partial charge < -0.3 is 5.73 Å². The topological polar surface area (TPSA) is 43.8 Å². The van der Waals surface area contributed by atoms with Gasteiger partial charge in [-0.25, -0.2) is 22.0 Å². The Hall–Kier alpha value is -1.96. The fourth-order valence-corrected chi connectivity index (χ4v) is 1.99. The van der Waals surface area contributed by atoms with E-state index in [9.17, 15) is 22.0 Å². The molecule has 0 spiro atoms. The number of rotatable bonds is 4. The van der Waals surface area contributed by atoms with E-state index >= 15 is 0 Å². The van der Waals surface area contributed by atoms with Gasteiger partial charge in [-0.3, -0.25) is 4.68 Å². The summed E-state index contributed by atoms with van der Waals surface area (Å²) in [4.78, 5) is 0. The summed E-state index contributed by atoms with van der Waals surface area (Å²) < 4.78 is 68.0. The van der Waals surface area contributed by atoms with Crippen molar-refractivity contribution in [3.8, 4) is 0 Å². The molecular weight excluding hydrogens is 293 g/mol. The summed E-state index contributed by atoms with van der Waals surface area (Å²) in [5.41, 5.74) is 5.11. The lowest BCUT2D eigenvalue weighted by Gasteiger charge is -2.14. The molecule has 8 heteroatoms. The van der Waals surface area contributed by atoms with Crippen LogP contribution < -0.4 is 5.73 Å². The number of hydrogen-bond donors (Lipinski definition) is 1. The van der Waals surface area contributed by atoms with Crippen molar-refractivity contribution in [2.24, 2.45) is 5.73 Å². The van der Waals surface area contributed by atoms with E-state index in [0.717, 1.165) is 0 Å². The lowest BCUT2D eigenvalue weighted by Crippen LogP contribution is -2.19. The zero-order chi connectivity index (χ0) is 15.7. The van der Waals surface area contributed by atoms with E-state index in [0.29, 0.717) is 12.1 Å². The highest BCUT2D eigenvalue weighted by molar-refractivity contribution is 5.28. The van der Waals surface area contributed by atoms with Gasteiger partial charge >= 0.3 is 0 Å². The first-order chi connectivity index (χ1) is 9.86. The van der Waals surface area contributed by atoms with Crippen LogP contribution in [-0.4, -0.2) is 9.78 Å². The van der Waals surface area contributed by atoms with Crippen LogP contribution in [0.3, 0.4) is 0 Å². The maximum atomic E-state index is 13.6. The first-order valence-corrected chi connectivity index (χ1v) is 6.15. The third-order valence-electron chi connectivity index (χ3n) is 3.08. The van der Waals surface area contributed by atoms with Crippen molar-refractivity contribution in [3.63, 3.8) is 0 Å². The molecule has 2 aromatic rings. The largest absolute Gasteiger partial charge is 0.323 e. The Balaban J connectivity index is 2.37. The molecule has 0 aliphatic heterocycles. The van der Waals surface area contributed by atoms with Crippen LogP contribution in [0.4, 0.5) is 22.0 Å². The summed E-state index contributed by atoms with van der Waals surface area (Å²) in [6.07, 6.45) is 2.92. The number of halogens is 5. The van der Waals surface area contributed by atoms with Crippen LogP contribution >= 0.6 is 0 Å². The van der Waals surface area contributed by atoms with Crippen LogP contribution in [0.2, 0.25) is 0 Å². The van der Waals surface area contributed by atoms with Gasteiger partial charge in [-0.15, -0.1) is 0 Å². The number of aryl methyl sites for hydroxylation is 1. The number of hydrogen-bond acceptors (Lipinski definition) is 2. The summed E-state index contributed by atoms with van der Waals surface area (Å²) in [6.45, 7) is 2.42. The molecule has 0 fully saturated rings. The highest BCUT2D eigenvalue weighted by Gasteiger charge is 2.29. The summed E-state index contributed by atoms with van der Waals surface area (Å²) in [5, 5.41) is 3.94. The Bertz CT molecular complexity index is 639. The van der Waals surface area contributed by atoms with Crippen molar-refractivity contribution in [3.05, 3.63) is 52.6 Å². The SMILES string of the molecule is CCn1cc(CC(N)c2c(F)c(F)c(F)c(F)c2F)cn1. The van der Waals surface area contributed by atoms with E-state index in [1.165, 1.54) is 6.20 Å². The summed E-state index contributed by atoms with van der Waals surface area (Å²) in [6, 6.07) is -1.37. The highest BCUT2D eigenvalue weighted by atomic mass is 19.2. The molecule has 0 aliphatic carbocycles. The van der Waals surface area contributed by atoms with Gasteiger partial charge in [-0.2, -0.15) is 5.10 Å². The van der Waals surface area contributed by atoms with Gasteiger partial charge in [0.05, 0.1) is 6.20 Å². The minimum Gasteiger partial charge on any atom is -0.323 e. The Labute approximate surface area is 117 Å². The maximum Gasteiger partial charge on any atom is 0.200 e. The average Bonchev–Trinajstić information content (AvgIpc) is 2.90. The zero-order valence-electron chi connectivity index (χ0n) is 11.0. The van der Waals surface area contributed by atoms with Crippen LogP contribution in [0.1, 0.15) is 24.1 Å². The number of aromatic nitrogens is 2. The fourth-order valence-electron chi connectivity index (χ4n) is 1.99. The number of nitrogens with two attached hydrogens (primary N) is 1. The number of benzene rings is 1. The fraction of sp³-hybridized carbons (Fsp3) is 0.308. The molecule has 0 radical (unpaired) electrons. The predicted octanol–water partition coefficient (Wildman–Crippen LogP) is 2.84. The van der Waals surface area contributed by atoms with Crippen LogP contribution in [0, 0.1) is 29.1 Å². The first-order valence-electron chi connectivity index (χ1n) is 6.15. The van der Waals surface area contributed by atoms with Crippen molar-refractivity contribution in [1.82, 2.24) is 9.78 Å². The molecule has 1 aromatic carbocycles. The van der Waals surface area contributed by atoms with E-state index in [1.807, 2.05) is 6.92 Å². The molecule has 21 heavy (non-hydrogen) atoms. The van der Waals surface area contributed by atoms with Gasteiger partial charge in [0, 0.05) is 24.3 Å². The second-order valence-electron chi connectivity index (χ2n) is 4.50. The van der Waals surface area contributed by atoms with Crippen LogP contribution in [-0.2, 0) is 13.0 Å². The smallest absolute Gasteiger partial charge is 0.200 e. The van der Waals surface area contributed by atoms with E-state index in [1.54, 1.807) is 10.9 Å². The third kappa shape index (κ3) is 2.76. The average molecular weight is 305 g/mol. The molecule has 2 rings (SSSR count). The highest BCUT2D eigenvalue weighted by Crippen LogP contribution is 2.28. The molecule has 1 aromatic heterocycles. The predicted molar refractivity (Wildman–Crippen MR) is 64.8 cm³/mol. The Kier molecular flexibility index (Phi) is 4.26. The van der Waals surface area contributed by atoms with Gasteiger partial charge in [-0.1, -0.05) is 0 Å². The Morgan fingerprint density at radius 2 is 1.57 bits per heavy atom. The monoisotopic (exact) mass is 305 g/mol. The molecule has 1 heterocycles. The molecule has 114 valence electrons. The molecule has 0 bridgehead atoms. The minimum absolute atomic E-state index is 0.0989.